The maximum atomic E-state index is 14.2. The van der Waals surface area contributed by atoms with E-state index in [0.717, 1.165) is 4.70 Å². The molecular formula is C18H21FN2O3S. The Balaban J connectivity index is 1.87. The molecule has 5 nitrogen and oxygen atoms in total. The quantitative estimate of drug-likeness (QED) is 0.908. The number of ether oxygens (including phenoxy) is 1. The summed E-state index contributed by atoms with van der Waals surface area (Å²) in [5.74, 6) is -0.468. The number of benzene rings is 1. The lowest BCUT2D eigenvalue weighted by Crippen LogP contribution is -2.42. The molecule has 2 aromatic rings. The smallest absolute Gasteiger partial charge is 0.264 e. The van der Waals surface area contributed by atoms with Crippen molar-refractivity contribution in [1.82, 2.24) is 10.2 Å². The average Bonchev–Trinajstić information content (AvgIpc) is 3.01. The van der Waals surface area contributed by atoms with Gasteiger partial charge in [0.25, 0.3) is 5.91 Å². The van der Waals surface area contributed by atoms with Gasteiger partial charge in [0, 0.05) is 48.8 Å². The number of nitrogens with zero attached hydrogens (tertiary/aromatic N) is 1. The number of thiophene rings is 1. The van der Waals surface area contributed by atoms with Gasteiger partial charge < -0.3 is 15.0 Å². The van der Waals surface area contributed by atoms with Crippen molar-refractivity contribution in [3.63, 3.8) is 0 Å². The first-order chi connectivity index (χ1) is 12.1. The minimum absolute atomic E-state index is 0.0242. The van der Waals surface area contributed by atoms with Crippen LogP contribution in [-0.4, -0.2) is 44.0 Å². The van der Waals surface area contributed by atoms with Gasteiger partial charge in [0.05, 0.1) is 11.5 Å². The number of piperidine rings is 1. The van der Waals surface area contributed by atoms with Gasteiger partial charge in [-0.05, 0) is 25.0 Å². The van der Waals surface area contributed by atoms with Crippen molar-refractivity contribution in [1.29, 1.82) is 0 Å². The highest BCUT2D eigenvalue weighted by atomic mass is 32.1. The van der Waals surface area contributed by atoms with Gasteiger partial charge in [0.2, 0.25) is 5.91 Å². The minimum Gasteiger partial charge on any atom is -0.380 e. The minimum atomic E-state index is -0.335. The van der Waals surface area contributed by atoms with Crippen LogP contribution in [0.15, 0.2) is 18.2 Å². The molecule has 1 N–H and O–H groups in total. The number of methoxy groups -OCH3 is 1. The number of amides is 2. The van der Waals surface area contributed by atoms with Crippen LogP contribution in [0.25, 0.3) is 10.1 Å². The molecule has 1 aromatic carbocycles. The van der Waals surface area contributed by atoms with Crippen molar-refractivity contribution in [2.45, 2.75) is 19.4 Å². The van der Waals surface area contributed by atoms with Crippen molar-refractivity contribution in [3.05, 3.63) is 34.5 Å². The first kappa shape index (κ1) is 17.8. The molecule has 134 valence electrons. The fourth-order valence-corrected chi connectivity index (χ4v) is 4.50. The Labute approximate surface area is 149 Å². The van der Waals surface area contributed by atoms with E-state index >= 15 is 0 Å². The van der Waals surface area contributed by atoms with Crippen LogP contribution >= 0.6 is 11.3 Å². The number of hydrogen-bond acceptors (Lipinski definition) is 4. The molecule has 0 aliphatic carbocycles. The van der Waals surface area contributed by atoms with Crippen LogP contribution in [0.2, 0.25) is 0 Å². The molecule has 0 radical (unpaired) electrons. The molecule has 0 unspecified atom stereocenters. The summed E-state index contributed by atoms with van der Waals surface area (Å²) >= 11 is 1.30. The maximum Gasteiger partial charge on any atom is 0.264 e. The summed E-state index contributed by atoms with van der Waals surface area (Å²) in [4.78, 5) is 27.0. The number of halogens is 1. The van der Waals surface area contributed by atoms with Crippen molar-refractivity contribution in [2.75, 3.05) is 27.2 Å². The van der Waals surface area contributed by atoms with Gasteiger partial charge >= 0.3 is 0 Å². The van der Waals surface area contributed by atoms with E-state index < -0.39 is 0 Å². The summed E-state index contributed by atoms with van der Waals surface area (Å²) in [6.45, 7) is 1.25. The van der Waals surface area contributed by atoms with Crippen LogP contribution in [0.5, 0.6) is 0 Å². The molecule has 1 saturated heterocycles. The second-order valence-electron chi connectivity index (χ2n) is 6.14. The van der Waals surface area contributed by atoms with Crippen molar-refractivity contribution < 1.29 is 18.7 Å². The monoisotopic (exact) mass is 364 g/mol. The number of carbonyl (C=O) groups excluding carboxylic acids is 2. The molecule has 3 rings (SSSR count). The Kier molecular flexibility index (Phi) is 5.34. The van der Waals surface area contributed by atoms with Crippen LogP contribution in [-0.2, 0) is 16.1 Å². The molecule has 0 spiro atoms. The van der Waals surface area contributed by atoms with Gasteiger partial charge in [-0.2, -0.15) is 0 Å². The molecule has 2 heterocycles. The lowest BCUT2D eigenvalue weighted by atomic mass is 9.95. The number of nitrogens with one attached hydrogen (secondary N) is 1. The highest BCUT2D eigenvalue weighted by Crippen LogP contribution is 2.35. The molecule has 1 aliphatic rings. The van der Waals surface area contributed by atoms with Crippen LogP contribution in [0.1, 0.15) is 28.1 Å². The summed E-state index contributed by atoms with van der Waals surface area (Å²) in [5.41, 5.74) is 0.610. The second-order valence-corrected chi connectivity index (χ2v) is 7.19. The van der Waals surface area contributed by atoms with Gasteiger partial charge in [-0.25, -0.2) is 4.39 Å². The Morgan fingerprint density at radius 1 is 1.36 bits per heavy atom. The van der Waals surface area contributed by atoms with E-state index in [1.165, 1.54) is 24.5 Å². The molecule has 0 bridgehead atoms. The molecule has 1 aliphatic heterocycles. The first-order valence-electron chi connectivity index (χ1n) is 8.26. The van der Waals surface area contributed by atoms with E-state index in [1.54, 1.807) is 18.0 Å². The first-order valence-corrected chi connectivity index (χ1v) is 9.08. The van der Waals surface area contributed by atoms with Crippen LogP contribution < -0.4 is 5.32 Å². The topological polar surface area (TPSA) is 58.6 Å². The van der Waals surface area contributed by atoms with Crippen LogP contribution in [0, 0.1) is 11.7 Å². The zero-order valence-electron chi connectivity index (χ0n) is 14.3. The summed E-state index contributed by atoms with van der Waals surface area (Å²) in [5, 5.41) is 3.13. The number of likely N-dealkylation sites (tertiary alicyclic amines) is 1. The molecule has 1 aromatic heterocycles. The Hall–Kier alpha value is -1.99. The Morgan fingerprint density at radius 3 is 2.72 bits per heavy atom. The van der Waals surface area contributed by atoms with Crippen molar-refractivity contribution in [2.24, 2.45) is 5.92 Å². The molecule has 25 heavy (non-hydrogen) atoms. The summed E-state index contributed by atoms with van der Waals surface area (Å²) in [7, 11) is 3.16. The maximum absolute atomic E-state index is 14.2. The van der Waals surface area contributed by atoms with E-state index in [4.69, 9.17) is 4.74 Å². The molecule has 0 atom stereocenters. The van der Waals surface area contributed by atoms with E-state index in [2.05, 4.69) is 5.32 Å². The third kappa shape index (κ3) is 3.39. The van der Waals surface area contributed by atoms with Gasteiger partial charge in [-0.15, -0.1) is 11.3 Å². The third-order valence-electron chi connectivity index (χ3n) is 4.65. The Bertz CT molecular complexity index is 797. The van der Waals surface area contributed by atoms with Gasteiger partial charge in [-0.3, -0.25) is 9.59 Å². The lowest BCUT2D eigenvalue weighted by molar-refractivity contribution is -0.125. The molecular weight excluding hydrogens is 343 g/mol. The van der Waals surface area contributed by atoms with Crippen LogP contribution in [0.3, 0.4) is 0 Å². The van der Waals surface area contributed by atoms with Gasteiger partial charge in [0.15, 0.2) is 0 Å². The van der Waals surface area contributed by atoms with Crippen molar-refractivity contribution in [3.8, 4) is 0 Å². The number of fused-ring (bicyclic) bond motifs is 1. The molecule has 2 amide bonds. The third-order valence-corrected chi connectivity index (χ3v) is 5.83. The zero-order chi connectivity index (χ0) is 18.0. The molecule has 7 heteroatoms. The lowest BCUT2D eigenvalue weighted by Gasteiger charge is -2.31. The molecule has 1 fully saturated rings. The second kappa shape index (κ2) is 7.49. The number of carbonyl (C=O) groups is 2. The van der Waals surface area contributed by atoms with Gasteiger partial charge in [-0.1, -0.05) is 6.07 Å². The van der Waals surface area contributed by atoms with Crippen LogP contribution in [0.4, 0.5) is 4.39 Å². The average molecular weight is 364 g/mol. The Morgan fingerprint density at radius 2 is 2.08 bits per heavy atom. The zero-order valence-corrected chi connectivity index (χ0v) is 15.1. The summed E-state index contributed by atoms with van der Waals surface area (Å²) in [6.07, 6.45) is 1.29. The van der Waals surface area contributed by atoms with E-state index in [9.17, 15) is 14.0 Å². The van der Waals surface area contributed by atoms with E-state index in [0.29, 0.717) is 41.8 Å². The number of rotatable bonds is 4. The standard InChI is InChI=1S/C18H21FN2O3S/c1-20-17(22)11-6-8-21(9-7-11)18(23)16-12(10-24-2)15-13(19)4-3-5-14(15)25-16/h3-5,11H,6-10H2,1-2H3,(H,20,22). The summed E-state index contributed by atoms with van der Waals surface area (Å²) < 4.78 is 20.2. The summed E-state index contributed by atoms with van der Waals surface area (Å²) in [6, 6.07) is 4.86. The number of hydrogen-bond donors (Lipinski definition) is 1. The predicted octanol–water partition coefficient (Wildman–Crippen LogP) is 2.79. The normalized spacial score (nSPS) is 15.6. The van der Waals surface area contributed by atoms with E-state index in [1.807, 2.05) is 6.07 Å². The predicted molar refractivity (Wildman–Crippen MR) is 95.2 cm³/mol. The largest absolute Gasteiger partial charge is 0.380 e. The highest BCUT2D eigenvalue weighted by Gasteiger charge is 2.30. The fourth-order valence-electron chi connectivity index (χ4n) is 3.31. The highest BCUT2D eigenvalue weighted by molar-refractivity contribution is 7.21. The van der Waals surface area contributed by atoms with Crippen molar-refractivity contribution >= 4 is 33.2 Å². The SMILES string of the molecule is CNC(=O)C1CCN(C(=O)c2sc3cccc(F)c3c2COC)CC1. The molecule has 0 saturated carbocycles. The van der Waals surface area contributed by atoms with E-state index in [-0.39, 0.29) is 30.2 Å². The fraction of sp³-hybridized carbons (Fsp3) is 0.444. The van der Waals surface area contributed by atoms with Gasteiger partial charge in [0.1, 0.15) is 5.82 Å².